The lowest BCUT2D eigenvalue weighted by molar-refractivity contribution is -0.121. The first-order valence-electron chi connectivity index (χ1n) is 9.07. The molecule has 1 saturated heterocycles. The lowest BCUT2D eigenvalue weighted by Crippen LogP contribution is -2.28. The quantitative estimate of drug-likeness (QED) is 0.727. The van der Waals surface area contributed by atoms with Crippen LogP contribution in [0.15, 0.2) is 54.6 Å². The molecular formula is C21H26N2O2. The van der Waals surface area contributed by atoms with Crippen LogP contribution in [0.4, 0.5) is 0 Å². The number of hydrogen-bond donors (Lipinski definition) is 2. The molecule has 4 heteroatoms. The zero-order valence-corrected chi connectivity index (χ0v) is 14.5. The summed E-state index contributed by atoms with van der Waals surface area (Å²) >= 11 is 0. The topological polar surface area (TPSA) is 50.4 Å². The number of nitrogens with one attached hydrogen (secondary N) is 2. The fourth-order valence-electron chi connectivity index (χ4n) is 3.18. The molecule has 1 amide bonds. The van der Waals surface area contributed by atoms with E-state index in [2.05, 4.69) is 28.8 Å². The molecule has 0 spiro atoms. The molecule has 0 aliphatic carbocycles. The zero-order valence-electron chi connectivity index (χ0n) is 14.5. The van der Waals surface area contributed by atoms with Gasteiger partial charge in [0, 0.05) is 12.0 Å². The molecule has 3 rings (SSSR count). The first kappa shape index (κ1) is 17.5. The van der Waals surface area contributed by atoms with Crippen molar-refractivity contribution in [2.45, 2.75) is 19.3 Å². The van der Waals surface area contributed by atoms with Gasteiger partial charge in [0.15, 0.2) is 0 Å². The van der Waals surface area contributed by atoms with E-state index in [0.717, 1.165) is 36.4 Å². The van der Waals surface area contributed by atoms with Crippen LogP contribution in [0.5, 0.6) is 5.75 Å². The normalized spacial score (nSPS) is 16.6. The van der Waals surface area contributed by atoms with E-state index in [1.165, 1.54) is 6.42 Å². The van der Waals surface area contributed by atoms with Crippen molar-refractivity contribution in [1.82, 2.24) is 10.6 Å². The van der Waals surface area contributed by atoms with Crippen LogP contribution >= 0.6 is 0 Å². The maximum absolute atomic E-state index is 11.9. The van der Waals surface area contributed by atoms with Crippen LogP contribution in [0.1, 0.15) is 19.3 Å². The van der Waals surface area contributed by atoms with E-state index in [1.807, 2.05) is 36.4 Å². The minimum Gasteiger partial charge on any atom is -0.491 e. The predicted molar refractivity (Wildman–Crippen MR) is 101 cm³/mol. The maximum atomic E-state index is 11.9. The summed E-state index contributed by atoms with van der Waals surface area (Å²) in [6.07, 6.45) is 2.76. The fourth-order valence-corrected chi connectivity index (χ4v) is 3.18. The van der Waals surface area contributed by atoms with Gasteiger partial charge in [0.2, 0.25) is 5.91 Å². The molecule has 1 aliphatic heterocycles. The minimum absolute atomic E-state index is 0.117. The predicted octanol–water partition coefficient (Wildman–Crippen LogP) is 3.24. The summed E-state index contributed by atoms with van der Waals surface area (Å²) < 4.78 is 5.90. The molecule has 2 N–H and O–H groups in total. The molecule has 1 heterocycles. The summed E-state index contributed by atoms with van der Waals surface area (Å²) in [5, 5.41) is 6.29. The van der Waals surface area contributed by atoms with Gasteiger partial charge in [-0.05, 0) is 43.5 Å². The van der Waals surface area contributed by atoms with Gasteiger partial charge in [-0.15, -0.1) is 0 Å². The Labute approximate surface area is 149 Å². The highest BCUT2D eigenvalue weighted by Gasteiger charge is 2.15. The van der Waals surface area contributed by atoms with Gasteiger partial charge < -0.3 is 15.4 Å². The number of hydrogen-bond acceptors (Lipinski definition) is 3. The molecule has 0 saturated carbocycles. The Morgan fingerprint density at radius 1 is 1.12 bits per heavy atom. The number of amides is 1. The Kier molecular flexibility index (Phi) is 6.46. The van der Waals surface area contributed by atoms with Crippen molar-refractivity contribution in [1.29, 1.82) is 0 Å². The molecule has 0 aromatic heterocycles. The highest BCUT2D eigenvalue weighted by molar-refractivity contribution is 5.75. The van der Waals surface area contributed by atoms with E-state index < -0.39 is 0 Å². The van der Waals surface area contributed by atoms with E-state index in [1.54, 1.807) is 0 Å². The van der Waals surface area contributed by atoms with Crippen molar-refractivity contribution >= 4 is 5.91 Å². The smallest absolute Gasteiger partial charge is 0.220 e. The van der Waals surface area contributed by atoms with Crippen LogP contribution in [0.25, 0.3) is 11.1 Å². The number of carbonyl (C=O) groups excluding carboxylic acids is 1. The average Bonchev–Trinajstić information content (AvgIpc) is 3.18. The fraction of sp³-hybridized carbons (Fsp3) is 0.381. The van der Waals surface area contributed by atoms with Crippen LogP contribution in [-0.2, 0) is 4.79 Å². The van der Waals surface area contributed by atoms with Crippen LogP contribution in [0.3, 0.4) is 0 Å². The Bertz CT molecular complexity index is 667. The molecule has 0 bridgehead atoms. The third kappa shape index (κ3) is 5.33. The summed E-state index contributed by atoms with van der Waals surface area (Å²) in [5.41, 5.74) is 2.20. The first-order chi connectivity index (χ1) is 12.3. The van der Waals surface area contributed by atoms with E-state index >= 15 is 0 Å². The van der Waals surface area contributed by atoms with Gasteiger partial charge >= 0.3 is 0 Å². The number of ether oxygens (including phenoxy) is 1. The molecule has 25 heavy (non-hydrogen) atoms. The molecule has 2 aromatic carbocycles. The summed E-state index contributed by atoms with van der Waals surface area (Å²) in [6, 6.07) is 18.2. The van der Waals surface area contributed by atoms with Gasteiger partial charge in [-0.25, -0.2) is 0 Å². The average molecular weight is 338 g/mol. The van der Waals surface area contributed by atoms with Crippen molar-refractivity contribution < 1.29 is 9.53 Å². The number of benzene rings is 2. The molecule has 4 nitrogen and oxygen atoms in total. The van der Waals surface area contributed by atoms with E-state index in [0.29, 0.717) is 25.5 Å². The van der Waals surface area contributed by atoms with Crippen LogP contribution in [0, 0.1) is 5.92 Å². The monoisotopic (exact) mass is 338 g/mol. The van der Waals surface area contributed by atoms with E-state index in [-0.39, 0.29) is 5.91 Å². The Balaban J connectivity index is 1.42. The third-order valence-electron chi connectivity index (χ3n) is 4.60. The van der Waals surface area contributed by atoms with Gasteiger partial charge in [0.05, 0.1) is 6.54 Å². The molecule has 132 valence electrons. The summed E-state index contributed by atoms with van der Waals surface area (Å²) in [4.78, 5) is 11.9. The summed E-state index contributed by atoms with van der Waals surface area (Å²) in [7, 11) is 0. The number of rotatable bonds is 8. The van der Waals surface area contributed by atoms with E-state index in [9.17, 15) is 4.79 Å². The van der Waals surface area contributed by atoms with Crippen molar-refractivity contribution in [3.8, 4) is 16.9 Å². The Morgan fingerprint density at radius 2 is 1.92 bits per heavy atom. The van der Waals surface area contributed by atoms with Crippen molar-refractivity contribution in [2.24, 2.45) is 5.92 Å². The van der Waals surface area contributed by atoms with Gasteiger partial charge in [-0.1, -0.05) is 48.5 Å². The molecular weight excluding hydrogens is 312 g/mol. The van der Waals surface area contributed by atoms with Crippen molar-refractivity contribution in [3.63, 3.8) is 0 Å². The molecule has 1 fully saturated rings. The van der Waals surface area contributed by atoms with Gasteiger partial charge in [-0.3, -0.25) is 4.79 Å². The Morgan fingerprint density at radius 3 is 2.72 bits per heavy atom. The number of carbonyl (C=O) groups is 1. The van der Waals surface area contributed by atoms with E-state index in [4.69, 9.17) is 4.74 Å². The minimum atomic E-state index is 0.117. The summed E-state index contributed by atoms with van der Waals surface area (Å²) in [5.74, 6) is 1.62. The van der Waals surface area contributed by atoms with Crippen LogP contribution in [0.2, 0.25) is 0 Å². The molecule has 2 aromatic rings. The highest BCUT2D eigenvalue weighted by atomic mass is 16.5. The standard InChI is InChI=1S/C21H26N2O2/c24-21(11-10-17-12-13-22-16-17)23-14-15-25-20-9-5-4-8-19(20)18-6-2-1-3-7-18/h1-9,17,22H,10-16H2,(H,23,24). The Hall–Kier alpha value is -2.33. The van der Waals surface area contributed by atoms with Crippen molar-refractivity contribution in [2.75, 3.05) is 26.2 Å². The lowest BCUT2D eigenvalue weighted by Gasteiger charge is -2.12. The van der Waals surface area contributed by atoms with Gasteiger partial charge in [0.25, 0.3) is 0 Å². The molecule has 1 atom stereocenters. The van der Waals surface area contributed by atoms with Gasteiger partial charge in [-0.2, -0.15) is 0 Å². The van der Waals surface area contributed by atoms with Gasteiger partial charge in [0.1, 0.15) is 12.4 Å². The largest absolute Gasteiger partial charge is 0.491 e. The molecule has 1 aliphatic rings. The summed E-state index contributed by atoms with van der Waals surface area (Å²) in [6.45, 7) is 3.14. The second kappa shape index (κ2) is 9.23. The lowest BCUT2D eigenvalue weighted by atomic mass is 10.0. The maximum Gasteiger partial charge on any atom is 0.220 e. The van der Waals surface area contributed by atoms with Crippen molar-refractivity contribution in [3.05, 3.63) is 54.6 Å². The number of para-hydroxylation sites is 1. The van der Waals surface area contributed by atoms with Crippen LogP contribution in [-0.4, -0.2) is 32.1 Å². The van der Waals surface area contributed by atoms with Crippen LogP contribution < -0.4 is 15.4 Å². The molecule has 0 radical (unpaired) electrons. The molecule has 1 unspecified atom stereocenters. The highest BCUT2D eigenvalue weighted by Crippen LogP contribution is 2.29. The first-order valence-corrected chi connectivity index (χ1v) is 9.07. The zero-order chi connectivity index (χ0) is 17.3. The third-order valence-corrected chi connectivity index (χ3v) is 4.60. The SMILES string of the molecule is O=C(CCC1CCNC1)NCCOc1ccccc1-c1ccccc1. The second-order valence-electron chi connectivity index (χ2n) is 6.46. The second-order valence-corrected chi connectivity index (χ2v) is 6.46.